The summed E-state index contributed by atoms with van der Waals surface area (Å²) in [5.41, 5.74) is 4.01. The van der Waals surface area contributed by atoms with Crippen molar-refractivity contribution < 1.29 is 19.0 Å². The predicted molar refractivity (Wildman–Crippen MR) is 104 cm³/mol. The second kappa shape index (κ2) is 9.05. The van der Waals surface area contributed by atoms with E-state index in [0.717, 1.165) is 11.3 Å². The van der Waals surface area contributed by atoms with Crippen molar-refractivity contribution in [3.8, 4) is 17.2 Å². The predicted octanol–water partition coefficient (Wildman–Crippen LogP) is 3.67. The molecule has 0 fully saturated rings. The normalized spacial score (nSPS) is 10.3. The molecule has 2 aromatic carbocycles. The van der Waals surface area contributed by atoms with Crippen molar-refractivity contribution in [3.63, 3.8) is 0 Å². The van der Waals surface area contributed by atoms with E-state index in [4.69, 9.17) is 14.2 Å². The maximum absolute atomic E-state index is 12.5. The third-order valence-corrected chi connectivity index (χ3v) is 4.54. The monoisotopic (exact) mass is 384 g/mol. The van der Waals surface area contributed by atoms with Gasteiger partial charge in [-0.15, -0.1) is 11.3 Å². The number of methoxy groups -OCH3 is 2. The Balaban J connectivity index is 1.62. The van der Waals surface area contributed by atoms with Crippen molar-refractivity contribution in [3.05, 3.63) is 70.2 Å². The zero-order valence-electron chi connectivity index (χ0n) is 15.1. The fraction of sp³-hybridized carbons (Fsp3) is 0.200. The van der Waals surface area contributed by atoms with Crippen LogP contribution in [0.2, 0.25) is 0 Å². The van der Waals surface area contributed by atoms with Crippen LogP contribution in [-0.2, 0) is 13.2 Å². The molecule has 1 N–H and O–H groups in total. The lowest BCUT2D eigenvalue weighted by Gasteiger charge is -2.12. The van der Waals surface area contributed by atoms with Crippen LogP contribution < -0.4 is 19.5 Å². The molecule has 27 heavy (non-hydrogen) atoms. The van der Waals surface area contributed by atoms with Crippen LogP contribution in [0.5, 0.6) is 17.2 Å². The largest absolute Gasteiger partial charge is 0.497 e. The Labute approximate surface area is 161 Å². The molecule has 0 aliphatic heterocycles. The van der Waals surface area contributed by atoms with Gasteiger partial charge < -0.3 is 19.5 Å². The molecule has 1 heterocycles. The van der Waals surface area contributed by atoms with E-state index in [9.17, 15) is 4.79 Å². The molecule has 1 aromatic heterocycles. The summed E-state index contributed by atoms with van der Waals surface area (Å²) in [6.45, 7) is 0.716. The molecule has 0 atom stereocenters. The van der Waals surface area contributed by atoms with Crippen molar-refractivity contribution in [2.24, 2.45) is 0 Å². The van der Waals surface area contributed by atoms with Gasteiger partial charge in [-0.1, -0.05) is 6.07 Å². The van der Waals surface area contributed by atoms with Gasteiger partial charge in [0.2, 0.25) is 0 Å². The number of nitrogens with zero attached hydrogens (tertiary/aromatic N) is 1. The van der Waals surface area contributed by atoms with Gasteiger partial charge in [0.05, 0.1) is 25.4 Å². The minimum Gasteiger partial charge on any atom is -0.497 e. The van der Waals surface area contributed by atoms with Gasteiger partial charge in [0, 0.05) is 29.1 Å². The number of thiazole rings is 1. The minimum absolute atomic E-state index is 0.188. The number of aromatic nitrogens is 1. The highest BCUT2D eigenvalue weighted by molar-refractivity contribution is 7.07. The zero-order valence-corrected chi connectivity index (χ0v) is 15.9. The summed E-state index contributed by atoms with van der Waals surface area (Å²) in [7, 11) is 3.18. The standard InChI is InChI=1S/C20H20N2O4S/c1-24-17-7-6-15(19(9-17)25-2)10-21-20(23)14-4-3-5-18(8-14)26-11-16-12-27-13-22-16/h3-9,12-13H,10-11H2,1-2H3,(H,21,23). The van der Waals surface area contributed by atoms with Crippen molar-refractivity contribution >= 4 is 17.2 Å². The number of nitrogens with one attached hydrogen (secondary N) is 1. The van der Waals surface area contributed by atoms with Crippen LogP contribution in [0.4, 0.5) is 0 Å². The molecular formula is C20H20N2O4S. The van der Waals surface area contributed by atoms with E-state index in [2.05, 4.69) is 10.3 Å². The number of ether oxygens (including phenoxy) is 3. The van der Waals surface area contributed by atoms with Crippen LogP contribution in [0.25, 0.3) is 0 Å². The van der Waals surface area contributed by atoms with E-state index < -0.39 is 0 Å². The Bertz CT molecular complexity index is 897. The highest BCUT2D eigenvalue weighted by Crippen LogP contribution is 2.24. The summed E-state index contributed by atoms with van der Waals surface area (Å²) in [6, 6.07) is 12.6. The number of carbonyl (C=O) groups is 1. The van der Waals surface area contributed by atoms with Crippen molar-refractivity contribution in [2.45, 2.75) is 13.2 Å². The Morgan fingerprint density at radius 1 is 1.11 bits per heavy atom. The maximum Gasteiger partial charge on any atom is 0.251 e. The Hall–Kier alpha value is -3.06. The first-order valence-electron chi connectivity index (χ1n) is 8.28. The van der Waals surface area contributed by atoms with E-state index in [1.807, 2.05) is 23.6 Å². The lowest BCUT2D eigenvalue weighted by atomic mass is 10.1. The van der Waals surface area contributed by atoms with Gasteiger partial charge in [-0.2, -0.15) is 0 Å². The van der Waals surface area contributed by atoms with E-state index in [1.165, 1.54) is 11.3 Å². The number of rotatable bonds is 8. The van der Waals surface area contributed by atoms with Gasteiger partial charge in [-0.25, -0.2) is 4.98 Å². The van der Waals surface area contributed by atoms with E-state index in [-0.39, 0.29) is 5.91 Å². The van der Waals surface area contributed by atoms with Crippen LogP contribution in [0.3, 0.4) is 0 Å². The van der Waals surface area contributed by atoms with Crippen LogP contribution in [0.15, 0.2) is 53.4 Å². The molecule has 1 amide bonds. The highest BCUT2D eigenvalue weighted by Gasteiger charge is 2.10. The van der Waals surface area contributed by atoms with E-state index >= 15 is 0 Å². The van der Waals surface area contributed by atoms with Gasteiger partial charge in [0.1, 0.15) is 23.9 Å². The topological polar surface area (TPSA) is 69.7 Å². The van der Waals surface area contributed by atoms with E-state index in [1.54, 1.807) is 44.0 Å². The lowest BCUT2D eigenvalue weighted by molar-refractivity contribution is 0.0950. The number of hydrogen-bond donors (Lipinski definition) is 1. The number of benzene rings is 2. The molecule has 0 bridgehead atoms. The smallest absolute Gasteiger partial charge is 0.251 e. The molecule has 3 aromatic rings. The summed E-state index contributed by atoms with van der Waals surface area (Å²) < 4.78 is 16.2. The third-order valence-electron chi connectivity index (χ3n) is 3.90. The molecule has 7 heteroatoms. The summed E-state index contributed by atoms with van der Waals surface area (Å²) in [6.07, 6.45) is 0. The second-order valence-electron chi connectivity index (χ2n) is 5.66. The first-order valence-corrected chi connectivity index (χ1v) is 9.23. The highest BCUT2D eigenvalue weighted by atomic mass is 32.1. The van der Waals surface area contributed by atoms with Gasteiger partial charge in [0.15, 0.2) is 0 Å². The molecule has 0 radical (unpaired) electrons. The quantitative estimate of drug-likeness (QED) is 0.642. The molecule has 140 valence electrons. The average Bonchev–Trinajstić information content (AvgIpc) is 3.24. The Kier molecular flexibility index (Phi) is 6.27. The first-order chi connectivity index (χ1) is 13.2. The number of amides is 1. The number of hydrogen-bond acceptors (Lipinski definition) is 6. The number of carbonyl (C=O) groups excluding carboxylic acids is 1. The fourth-order valence-corrected chi connectivity index (χ4v) is 3.01. The second-order valence-corrected chi connectivity index (χ2v) is 6.38. The SMILES string of the molecule is COc1ccc(CNC(=O)c2cccc(OCc3cscn3)c2)c(OC)c1. The van der Waals surface area contributed by atoms with E-state index in [0.29, 0.717) is 36.0 Å². The molecule has 3 rings (SSSR count). The van der Waals surface area contributed by atoms with Crippen LogP contribution in [-0.4, -0.2) is 25.1 Å². The molecule has 0 aliphatic carbocycles. The molecule has 0 saturated carbocycles. The van der Waals surface area contributed by atoms with Crippen molar-refractivity contribution in [1.82, 2.24) is 10.3 Å². The van der Waals surface area contributed by atoms with Gasteiger partial charge in [-0.3, -0.25) is 4.79 Å². The lowest BCUT2D eigenvalue weighted by Crippen LogP contribution is -2.23. The van der Waals surface area contributed by atoms with Crippen molar-refractivity contribution in [2.75, 3.05) is 14.2 Å². The summed E-state index contributed by atoms with van der Waals surface area (Å²) in [4.78, 5) is 16.7. The van der Waals surface area contributed by atoms with Crippen molar-refractivity contribution in [1.29, 1.82) is 0 Å². The zero-order chi connectivity index (χ0) is 19.1. The molecule has 0 saturated heterocycles. The molecule has 0 spiro atoms. The van der Waals surface area contributed by atoms with Crippen LogP contribution >= 0.6 is 11.3 Å². The summed E-state index contributed by atoms with van der Waals surface area (Å²) >= 11 is 1.52. The summed E-state index contributed by atoms with van der Waals surface area (Å²) in [5.74, 6) is 1.80. The van der Waals surface area contributed by atoms with Gasteiger partial charge in [-0.05, 0) is 30.3 Å². The Morgan fingerprint density at radius 2 is 2.00 bits per heavy atom. The maximum atomic E-state index is 12.5. The third kappa shape index (κ3) is 4.98. The Morgan fingerprint density at radius 3 is 2.74 bits per heavy atom. The van der Waals surface area contributed by atoms with Gasteiger partial charge in [0.25, 0.3) is 5.91 Å². The van der Waals surface area contributed by atoms with Crippen LogP contribution in [0, 0.1) is 0 Å². The molecule has 0 unspecified atom stereocenters. The minimum atomic E-state index is -0.188. The van der Waals surface area contributed by atoms with Crippen LogP contribution in [0.1, 0.15) is 21.6 Å². The molecular weight excluding hydrogens is 364 g/mol. The molecule has 6 nitrogen and oxygen atoms in total. The first kappa shape index (κ1) is 18.7. The average molecular weight is 384 g/mol. The molecule has 0 aliphatic rings. The van der Waals surface area contributed by atoms with Gasteiger partial charge >= 0.3 is 0 Å². The summed E-state index contributed by atoms with van der Waals surface area (Å²) in [5, 5.41) is 4.83. The fourth-order valence-electron chi connectivity index (χ4n) is 2.47.